The third kappa shape index (κ3) is 4.94. The van der Waals surface area contributed by atoms with Crippen molar-refractivity contribution in [3.8, 4) is 0 Å². The van der Waals surface area contributed by atoms with Crippen molar-refractivity contribution in [2.75, 3.05) is 0 Å². The molecule has 4 aromatic carbocycles. The van der Waals surface area contributed by atoms with Gasteiger partial charge < -0.3 is 9.13 Å². The van der Waals surface area contributed by atoms with Crippen LogP contribution in [0.5, 0.6) is 0 Å². The number of hydrogen-bond donors (Lipinski definition) is 0. The topological polar surface area (TPSA) is 9.86 Å². The number of allylic oxidation sites excluding steroid dienone is 1. The van der Waals surface area contributed by atoms with Crippen LogP contribution in [0.4, 0.5) is 0 Å². The van der Waals surface area contributed by atoms with E-state index in [0.29, 0.717) is 0 Å². The zero-order valence-corrected chi connectivity index (χ0v) is 27.7. The van der Waals surface area contributed by atoms with Crippen LogP contribution >= 0.6 is 11.3 Å². The maximum atomic E-state index is 2.49. The number of fused-ring (bicyclic) bond motifs is 10. The van der Waals surface area contributed by atoms with Crippen molar-refractivity contribution in [3.05, 3.63) is 95.4 Å². The third-order valence-electron chi connectivity index (χ3n) is 7.63. The molecular weight excluding hydrogens is 529 g/mol. The van der Waals surface area contributed by atoms with E-state index in [1.54, 1.807) is 0 Å². The number of benzene rings is 4. The van der Waals surface area contributed by atoms with Gasteiger partial charge in [0.25, 0.3) is 0 Å². The molecule has 0 radical (unpaired) electrons. The molecule has 8 rings (SSSR count). The van der Waals surface area contributed by atoms with Crippen LogP contribution in [0.2, 0.25) is 0 Å². The zero-order valence-electron chi connectivity index (χ0n) is 26.9. The van der Waals surface area contributed by atoms with Gasteiger partial charge in [-0.15, -0.1) is 11.3 Å². The highest BCUT2D eigenvalue weighted by Crippen LogP contribution is 2.45. The molecule has 1 aliphatic rings. The van der Waals surface area contributed by atoms with E-state index in [2.05, 4.69) is 107 Å². The van der Waals surface area contributed by atoms with Gasteiger partial charge in [0.05, 0.1) is 16.6 Å². The second-order valence-electron chi connectivity index (χ2n) is 9.36. The summed E-state index contributed by atoms with van der Waals surface area (Å²) in [5.74, 6) is 0. The van der Waals surface area contributed by atoms with Crippen molar-refractivity contribution >= 4 is 76.8 Å². The highest BCUT2D eigenvalue weighted by molar-refractivity contribution is 7.20. The molecule has 3 aromatic heterocycles. The molecule has 0 unspecified atom stereocenters. The molecular formula is C39H46N2S. The van der Waals surface area contributed by atoms with E-state index in [9.17, 15) is 0 Å². The molecule has 0 bridgehead atoms. The van der Waals surface area contributed by atoms with Crippen LogP contribution in [0.1, 0.15) is 72.3 Å². The van der Waals surface area contributed by atoms with Gasteiger partial charge in [-0.25, -0.2) is 0 Å². The minimum Gasteiger partial charge on any atom is -0.344 e. The Kier molecular flexibility index (Phi) is 10.3. The van der Waals surface area contributed by atoms with Gasteiger partial charge in [-0.3, -0.25) is 0 Å². The Hall–Kier alpha value is -3.82. The number of para-hydroxylation sites is 3. The fourth-order valence-corrected chi connectivity index (χ4v) is 7.43. The van der Waals surface area contributed by atoms with Gasteiger partial charge in [0.2, 0.25) is 0 Å². The Balaban J connectivity index is 0.000000470. The van der Waals surface area contributed by atoms with Gasteiger partial charge in [-0.05, 0) is 48.7 Å². The third-order valence-corrected chi connectivity index (χ3v) is 8.93. The fourth-order valence-electron chi connectivity index (χ4n) is 6.10. The van der Waals surface area contributed by atoms with Gasteiger partial charge in [-0.1, -0.05) is 116 Å². The average molecular weight is 575 g/mol. The van der Waals surface area contributed by atoms with E-state index < -0.39 is 0 Å². The summed E-state index contributed by atoms with van der Waals surface area (Å²) >= 11 is 2.00. The lowest BCUT2D eigenvalue weighted by Gasteiger charge is -2.17. The Morgan fingerprint density at radius 1 is 0.524 bits per heavy atom. The second-order valence-corrected chi connectivity index (χ2v) is 10.5. The molecule has 42 heavy (non-hydrogen) atoms. The number of aromatic nitrogens is 2. The SMILES string of the molecule is CC.CC.CC.CC.Cn1c2ccccc2c2c3sc4c(c3ccc21)C=C(n1c2ccccc2c2ccccc21)CC4. The van der Waals surface area contributed by atoms with Crippen LogP contribution in [0.25, 0.3) is 65.5 Å². The van der Waals surface area contributed by atoms with Gasteiger partial charge in [0, 0.05) is 54.8 Å². The summed E-state index contributed by atoms with van der Waals surface area (Å²) in [6.45, 7) is 16.0. The standard InChI is InChI=1S/C31H22N2S.4C2H6/c1-32-25-11-5-4-10-23(25)30-28(32)16-15-22-24-18-19(14-17-29(24)34-31(22)30)33-26-12-6-2-8-20(26)21-9-3-7-13-27(21)33;4*1-2/h2-13,15-16,18H,14,17H2,1H3;4*1-2H3. The summed E-state index contributed by atoms with van der Waals surface area (Å²) in [5.41, 5.74) is 8.03. The van der Waals surface area contributed by atoms with E-state index >= 15 is 0 Å². The zero-order chi connectivity index (χ0) is 30.4. The van der Waals surface area contributed by atoms with Crippen LogP contribution in [0.3, 0.4) is 0 Å². The molecule has 0 spiro atoms. The number of hydrogen-bond acceptors (Lipinski definition) is 1. The molecule has 0 saturated heterocycles. The summed E-state index contributed by atoms with van der Waals surface area (Å²) in [7, 11) is 2.18. The first-order valence-electron chi connectivity index (χ1n) is 15.9. The molecule has 218 valence electrons. The Morgan fingerprint density at radius 3 is 1.64 bits per heavy atom. The summed E-state index contributed by atoms with van der Waals surface area (Å²) in [5, 5.41) is 6.81. The molecule has 0 fully saturated rings. The van der Waals surface area contributed by atoms with Crippen molar-refractivity contribution in [1.29, 1.82) is 0 Å². The fraction of sp³-hybridized carbons (Fsp3) is 0.282. The van der Waals surface area contributed by atoms with E-state index in [1.807, 2.05) is 66.7 Å². The maximum Gasteiger partial charge on any atom is 0.0537 e. The lowest BCUT2D eigenvalue weighted by atomic mass is 9.99. The van der Waals surface area contributed by atoms with Crippen molar-refractivity contribution in [2.45, 2.75) is 68.2 Å². The predicted octanol–water partition coefficient (Wildman–Crippen LogP) is 12.7. The average Bonchev–Trinajstić information content (AvgIpc) is 3.72. The molecule has 0 aliphatic heterocycles. The first-order chi connectivity index (χ1) is 20.8. The lowest BCUT2D eigenvalue weighted by Crippen LogP contribution is -2.02. The smallest absolute Gasteiger partial charge is 0.0537 e. The van der Waals surface area contributed by atoms with Crippen LogP contribution in [-0.4, -0.2) is 9.13 Å². The molecule has 3 heterocycles. The molecule has 0 N–H and O–H groups in total. The first kappa shape index (κ1) is 31.1. The van der Waals surface area contributed by atoms with Crippen LogP contribution in [0, 0.1) is 0 Å². The molecule has 3 heteroatoms. The largest absolute Gasteiger partial charge is 0.344 e. The summed E-state index contributed by atoms with van der Waals surface area (Å²) in [6.07, 6.45) is 4.61. The normalized spacial score (nSPS) is 11.9. The van der Waals surface area contributed by atoms with Crippen LogP contribution in [-0.2, 0) is 13.5 Å². The van der Waals surface area contributed by atoms with Gasteiger partial charge in [0.1, 0.15) is 0 Å². The number of nitrogens with zero attached hydrogens (tertiary/aromatic N) is 2. The second kappa shape index (κ2) is 13.9. The van der Waals surface area contributed by atoms with E-state index in [1.165, 1.54) is 69.8 Å². The number of thiophene rings is 1. The van der Waals surface area contributed by atoms with Crippen LogP contribution in [0.15, 0.2) is 84.9 Å². The summed E-state index contributed by atoms with van der Waals surface area (Å²) in [4.78, 5) is 1.51. The predicted molar refractivity (Wildman–Crippen MR) is 193 cm³/mol. The van der Waals surface area contributed by atoms with Crippen molar-refractivity contribution in [1.82, 2.24) is 9.13 Å². The first-order valence-corrected chi connectivity index (χ1v) is 16.7. The maximum absolute atomic E-state index is 2.49. The summed E-state index contributed by atoms with van der Waals surface area (Å²) in [6, 6.07) is 31.1. The molecule has 7 aromatic rings. The van der Waals surface area contributed by atoms with Crippen LogP contribution < -0.4 is 0 Å². The van der Waals surface area contributed by atoms with E-state index in [4.69, 9.17) is 0 Å². The molecule has 2 nitrogen and oxygen atoms in total. The van der Waals surface area contributed by atoms with Crippen molar-refractivity contribution in [3.63, 3.8) is 0 Å². The van der Waals surface area contributed by atoms with E-state index in [-0.39, 0.29) is 0 Å². The molecule has 0 amide bonds. The van der Waals surface area contributed by atoms with Gasteiger partial charge in [-0.2, -0.15) is 0 Å². The number of aryl methyl sites for hydroxylation is 2. The van der Waals surface area contributed by atoms with Crippen molar-refractivity contribution < 1.29 is 0 Å². The minimum atomic E-state index is 1.06. The van der Waals surface area contributed by atoms with Crippen molar-refractivity contribution in [2.24, 2.45) is 7.05 Å². The Morgan fingerprint density at radius 2 is 1.05 bits per heavy atom. The Bertz CT molecular complexity index is 1920. The van der Waals surface area contributed by atoms with E-state index in [0.717, 1.165) is 12.8 Å². The molecule has 0 saturated carbocycles. The molecule has 0 atom stereocenters. The monoisotopic (exact) mass is 574 g/mol. The lowest BCUT2D eigenvalue weighted by molar-refractivity contribution is 0.968. The summed E-state index contributed by atoms with van der Waals surface area (Å²) < 4.78 is 6.26. The van der Waals surface area contributed by atoms with Gasteiger partial charge in [0.15, 0.2) is 0 Å². The highest BCUT2D eigenvalue weighted by Gasteiger charge is 2.22. The van der Waals surface area contributed by atoms with Gasteiger partial charge >= 0.3 is 0 Å². The highest BCUT2D eigenvalue weighted by atomic mass is 32.1. The number of rotatable bonds is 1. The minimum absolute atomic E-state index is 1.06. The quantitative estimate of drug-likeness (QED) is 0.184. The molecule has 1 aliphatic carbocycles. The Labute approximate surface area is 255 Å².